The van der Waals surface area contributed by atoms with Crippen LogP contribution in [0.2, 0.25) is 0 Å². The van der Waals surface area contributed by atoms with Gasteiger partial charge in [0.1, 0.15) is 0 Å². The third-order valence-corrected chi connectivity index (χ3v) is 3.35. The number of carbonyl (C=O) groups excluding carboxylic acids is 1. The van der Waals surface area contributed by atoms with Crippen LogP contribution in [0.1, 0.15) is 22.5 Å². The molecule has 2 rings (SSSR count). The average molecular weight is 214 g/mol. The molecule has 0 aliphatic heterocycles. The van der Waals surface area contributed by atoms with Crippen LogP contribution in [0, 0.1) is 12.3 Å². The number of carbonyl (C=O) groups is 1. The highest BCUT2D eigenvalue weighted by Crippen LogP contribution is 2.26. The van der Waals surface area contributed by atoms with Crippen LogP contribution in [0.25, 0.3) is 10.1 Å². The molecule has 2 aromatic rings. The summed E-state index contributed by atoms with van der Waals surface area (Å²) in [6, 6.07) is 9.94. The first-order valence-corrected chi connectivity index (χ1v) is 5.58. The largest absolute Gasteiger partial charge is 0.293 e. The summed E-state index contributed by atoms with van der Waals surface area (Å²) in [5.74, 6) is 2.63. The zero-order chi connectivity index (χ0) is 10.7. The molecule has 0 saturated carbocycles. The quantitative estimate of drug-likeness (QED) is 0.564. The van der Waals surface area contributed by atoms with E-state index in [4.69, 9.17) is 6.42 Å². The van der Waals surface area contributed by atoms with Crippen molar-refractivity contribution in [2.24, 2.45) is 0 Å². The number of hydrogen-bond donors (Lipinski definition) is 0. The molecule has 0 fully saturated rings. The van der Waals surface area contributed by atoms with Gasteiger partial charge in [-0.15, -0.1) is 23.7 Å². The van der Waals surface area contributed by atoms with Crippen molar-refractivity contribution in [2.45, 2.75) is 12.8 Å². The van der Waals surface area contributed by atoms with Crippen molar-refractivity contribution in [3.63, 3.8) is 0 Å². The molecule has 0 unspecified atom stereocenters. The Kier molecular flexibility index (Phi) is 2.84. The van der Waals surface area contributed by atoms with Crippen LogP contribution in [-0.4, -0.2) is 5.78 Å². The first-order valence-electron chi connectivity index (χ1n) is 4.76. The summed E-state index contributed by atoms with van der Waals surface area (Å²) >= 11 is 1.54. The van der Waals surface area contributed by atoms with Crippen LogP contribution in [-0.2, 0) is 0 Å². The van der Waals surface area contributed by atoms with Gasteiger partial charge in [-0.2, -0.15) is 0 Å². The molecule has 0 aliphatic rings. The summed E-state index contributed by atoms with van der Waals surface area (Å²) in [6.07, 6.45) is 6.10. The number of benzene rings is 1. The minimum absolute atomic E-state index is 0.147. The predicted octanol–water partition coefficient (Wildman–Crippen LogP) is 3.50. The van der Waals surface area contributed by atoms with Crippen LogP contribution < -0.4 is 0 Å². The van der Waals surface area contributed by atoms with Crippen molar-refractivity contribution in [3.05, 3.63) is 35.2 Å². The van der Waals surface area contributed by atoms with Gasteiger partial charge in [-0.3, -0.25) is 4.79 Å². The number of ketones is 1. The van der Waals surface area contributed by atoms with Gasteiger partial charge in [0, 0.05) is 17.5 Å². The molecule has 0 bridgehead atoms. The van der Waals surface area contributed by atoms with Gasteiger partial charge < -0.3 is 0 Å². The lowest BCUT2D eigenvalue weighted by Crippen LogP contribution is -1.93. The molecule has 0 atom stereocenters. The zero-order valence-electron chi connectivity index (χ0n) is 8.19. The maximum atomic E-state index is 11.7. The summed E-state index contributed by atoms with van der Waals surface area (Å²) in [7, 11) is 0. The smallest absolute Gasteiger partial charge is 0.173 e. The van der Waals surface area contributed by atoms with E-state index in [0.717, 1.165) is 15.0 Å². The molecule has 0 radical (unpaired) electrons. The highest BCUT2D eigenvalue weighted by Gasteiger charge is 2.08. The number of terminal acetylenes is 1. The summed E-state index contributed by atoms with van der Waals surface area (Å²) in [4.78, 5) is 12.5. The van der Waals surface area contributed by atoms with Gasteiger partial charge in [0.05, 0.1) is 4.88 Å². The second-order valence-electron chi connectivity index (χ2n) is 3.28. The van der Waals surface area contributed by atoms with Gasteiger partial charge in [-0.1, -0.05) is 18.2 Å². The molecule has 2 heteroatoms. The van der Waals surface area contributed by atoms with E-state index in [2.05, 4.69) is 5.92 Å². The topological polar surface area (TPSA) is 17.1 Å². The van der Waals surface area contributed by atoms with Crippen LogP contribution in [0.5, 0.6) is 0 Å². The van der Waals surface area contributed by atoms with E-state index in [1.807, 2.05) is 30.3 Å². The zero-order valence-corrected chi connectivity index (χ0v) is 9.01. The Morgan fingerprint density at radius 3 is 2.93 bits per heavy atom. The number of hydrogen-bond acceptors (Lipinski definition) is 2. The maximum Gasteiger partial charge on any atom is 0.173 e. The lowest BCUT2D eigenvalue weighted by atomic mass is 10.2. The molecule has 1 aromatic carbocycles. The molecule has 15 heavy (non-hydrogen) atoms. The number of rotatable bonds is 3. The van der Waals surface area contributed by atoms with Crippen molar-refractivity contribution < 1.29 is 4.79 Å². The fourth-order valence-electron chi connectivity index (χ4n) is 1.43. The molecule has 0 aliphatic carbocycles. The van der Waals surface area contributed by atoms with Crippen molar-refractivity contribution in [1.82, 2.24) is 0 Å². The van der Waals surface area contributed by atoms with Crippen LogP contribution in [0.15, 0.2) is 30.3 Å². The standard InChI is InChI=1S/C13H10OS/c1-2-3-7-11(14)13-9-10-6-4-5-8-12(10)15-13/h1,4-6,8-9H,3,7H2. The molecular formula is C13H10OS. The van der Waals surface area contributed by atoms with Crippen LogP contribution >= 0.6 is 11.3 Å². The predicted molar refractivity (Wildman–Crippen MR) is 64.2 cm³/mol. The van der Waals surface area contributed by atoms with E-state index in [0.29, 0.717) is 12.8 Å². The van der Waals surface area contributed by atoms with Crippen molar-refractivity contribution in [3.8, 4) is 12.3 Å². The van der Waals surface area contributed by atoms with E-state index in [1.54, 1.807) is 0 Å². The van der Waals surface area contributed by atoms with E-state index in [1.165, 1.54) is 11.3 Å². The van der Waals surface area contributed by atoms with Gasteiger partial charge >= 0.3 is 0 Å². The van der Waals surface area contributed by atoms with Crippen LogP contribution in [0.3, 0.4) is 0 Å². The molecule has 1 nitrogen and oxygen atoms in total. The minimum Gasteiger partial charge on any atom is -0.293 e. The fraction of sp³-hybridized carbons (Fsp3) is 0.154. The summed E-state index contributed by atoms with van der Waals surface area (Å²) in [6.45, 7) is 0. The van der Waals surface area contributed by atoms with Gasteiger partial charge in [0.25, 0.3) is 0 Å². The third kappa shape index (κ3) is 2.08. The summed E-state index contributed by atoms with van der Waals surface area (Å²) in [5.41, 5.74) is 0. The molecule has 1 heterocycles. The Labute approximate surface area is 92.7 Å². The SMILES string of the molecule is C#CCCC(=O)c1cc2ccccc2s1. The van der Waals surface area contributed by atoms with E-state index in [-0.39, 0.29) is 5.78 Å². The van der Waals surface area contributed by atoms with Gasteiger partial charge in [-0.25, -0.2) is 0 Å². The highest BCUT2D eigenvalue weighted by molar-refractivity contribution is 7.20. The number of thiophene rings is 1. The Morgan fingerprint density at radius 2 is 2.20 bits per heavy atom. The molecular weight excluding hydrogens is 204 g/mol. The maximum absolute atomic E-state index is 11.7. The third-order valence-electron chi connectivity index (χ3n) is 2.20. The first-order chi connectivity index (χ1) is 7.31. The lowest BCUT2D eigenvalue weighted by molar-refractivity contribution is 0.0988. The molecule has 0 spiro atoms. The average Bonchev–Trinajstić information content (AvgIpc) is 2.69. The molecule has 1 aromatic heterocycles. The van der Waals surface area contributed by atoms with Gasteiger partial charge in [-0.05, 0) is 17.5 Å². The number of fused-ring (bicyclic) bond motifs is 1. The van der Waals surface area contributed by atoms with Crippen LogP contribution in [0.4, 0.5) is 0 Å². The molecule has 0 amide bonds. The highest BCUT2D eigenvalue weighted by atomic mass is 32.1. The monoisotopic (exact) mass is 214 g/mol. The van der Waals surface area contributed by atoms with Gasteiger partial charge in [0.2, 0.25) is 0 Å². The summed E-state index contributed by atoms with van der Waals surface area (Å²) in [5, 5.41) is 1.13. The minimum atomic E-state index is 0.147. The van der Waals surface area contributed by atoms with E-state index in [9.17, 15) is 4.79 Å². The normalized spacial score (nSPS) is 10.1. The number of Topliss-reactive ketones (excluding diaryl/α,β-unsaturated/α-hetero) is 1. The fourth-order valence-corrected chi connectivity index (χ4v) is 2.46. The molecule has 74 valence electrons. The molecule has 0 saturated heterocycles. The van der Waals surface area contributed by atoms with Crippen molar-refractivity contribution >= 4 is 27.2 Å². The van der Waals surface area contributed by atoms with E-state index < -0.39 is 0 Å². The summed E-state index contributed by atoms with van der Waals surface area (Å²) < 4.78 is 1.15. The lowest BCUT2D eigenvalue weighted by Gasteiger charge is -1.90. The molecule has 0 N–H and O–H groups in total. The van der Waals surface area contributed by atoms with Gasteiger partial charge in [0.15, 0.2) is 5.78 Å². The van der Waals surface area contributed by atoms with Crippen molar-refractivity contribution in [1.29, 1.82) is 0 Å². The Morgan fingerprint density at radius 1 is 1.40 bits per heavy atom. The first kappa shape index (κ1) is 9.95. The van der Waals surface area contributed by atoms with E-state index >= 15 is 0 Å². The Balaban J connectivity index is 2.29. The second-order valence-corrected chi connectivity index (χ2v) is 4.36. The second kappa shape index (κ2) is 4.29. The Bertz CT molecular complexity index is 498. The van der Waals surface area contributed by atoms with Crippen molar-refractivity contribution in [2.75, 3.05) is 0 Å². The Hall–Kier alpha value is -1.59.